The van der Waals surface area contributed by atoms with Crippen LogP contribution in [-0.4, -0.2) is 77.6 Å². The molecule has 3 heterocycles. The average Bonchev–Trinajstić information content (AvgIpc) is 3.42. The minimum atomic E-state index is -3.43. The molecule has 0 saturated carbocycles. The van der Waals surface area contributed by atoms with Crippen molar-refractivity contribution in [1.82, 2.24) is 20.6 Å². The van der Waals surface area contributed by atoms with Crippen molar-refractivity contribution in [3.63, 3.8) is 0 Å². The van der Waals surface area contributed by atoms with E-state index < -0.39 is 10.0 Å². The molecule has 0 amide bonds. The highest BCUT2D eigenvalue weighted by Gasteiger charge is 2.29. The third-order valence-electron chi connectivity index (χ3n) is 7.76. The van der Waals surface area contributed by atoms with Gasteiger partial charge in [-0.05, 0) is 56.5 Å². The maximum Gasteiger partial charge on any atom is 0.232 e. The van der Waals surface area contributed by atoms with Crippen molar-refractivity contribution in [2.24, 2.45) is 0 Å². The minimum absolute atomic E-state index is 0.310. The van der Waals surface area contributed by atoms with Crippen LogP contribution < -0.4 is 35.2 Å². The lowest BCUT2D eigenvalue weighted by Gasteiger charge is -2.35. The fraction of sp³-hybridized carbons (Fsp3) is 0.448. The van der Waals surface area contributed by atoms with E-state index in [-0.39, 0.29) is 0 Å². The number of fused-ring (bicyclic) bond motifs is 1. The molecule has 0 unspecified atom stereocenters. The standard InChI is InChI=1S/C29H39ClN8O3S/c1-19-16-24(26(41-3)17-25(19)37-13-9-21(10-14-37)32-12-11-31-2)35-29-33-18-22(30)28(36-29)34-23-7-5-6-20-8-15-38(27(20)23)42(4,39)40/h5-7,16-18,21,31-32H,8-15H2,1-4H3,(H2,33,34,35,36). The van der Waals surface area contributed by atoms with Crippen molar-refractivity contribution in [3.05, 3.63) is 52.7 Å². The fourth-order valence-corrected chi connectivity index (χ4v) is 6.74. The highest BCUT2D eigenvalue weighted by molar-refractivity contribution is 7.92. The number of anilines is 6. The lowest BCUT2D eigenvalue weighted by molar-refractivity contribution is 0.410. The Balaban J connectivity index is 1.33. The van der Waals surface area contributed by atoms with Crippen LogP contribution in [0.25, 0.3) is 0 Å². The molecule has 2 aliphatic heterocycles. The number of likely N-dealkylation sites (N-methyl/N-ethyl adjacent to an activating group) is 1. The number of ether oxygens (including phenoxy) is 1. The number of para-hydroxylation sites is 1. The summed E-state index contributed by atoms with van der Waals surface area (Å²) in [7, 11) is 0.193. The molecule has 2 aromatic carbocycles. The topological polar surface area (TPSA) is 124 Å². The first-order valence-electron chi connectivity index (χ1n) is 14.2. The molecule has 226 valence electrons. The first kappa shape index (κ1) is 30.1. The Morgan fingerprint density at radius 2 is 1.88 bits per heavy atom. The van der Waals surface area contributed by atoms with Gasteiger partial charge in [-0.15, -0.1) is 0 Å². The van der Waals surface area contributed by atoms with E-state index in [1.54, 1.807) is 7.11 Å². The maximum absolute atomic E-state index is 12.4. The number of nitrogens with zero attached hydrogens (tertiary/aromatic N) is 4. The summed E-state index contributed by atoms with van der Waals surface area (Å²) < 4.78 is 32.0. The molecule has 1 fully saturated rings. The predicted molar refractivity (Wildman–Crippen MR) is 171 cm³/mol. The number of rotatable bonds is 11. The van der Waals surface area contributed by atoms with Crippen molar-refractivity contribution >= 4 is 56.1 Å². The zero-order chi connectivity index (χ0) is 29.9. The minimum Gasteiger partial charge on any atom is -0.494 e. The molecule has 0 atom stereocenters. The summed E-state index contributed by atoms with van der Waals surface area (Å²) in [5.74, 6) is 1.37. The van der Waals surface area contributed by atoms with Crippen LogP contribution in [0.3, 0.4) is 0 Å². The molecule has 13 heteroatoms. The average molecular weight is 615 g/mol. The van der Waals surface area contributed by atoms with Gasteiger partial charge in [0.25, 0.3) is 0 Å². The highest BCUT2D eigenvalue weighted by atomic mass is 35.5. The van der Waals surface area contributed by atoms with Gasteiger partial charge in [-0.2, -0.15) is 4.98 Å². The van der Waals surface area contributed by atoms with Crippen molar-refractivity contribution in [2.75, 3.05) is 73.0 Å². The second-order valence-corrected chi connectivity index (χ2v) is 13.0. The number of piperidine rings is 1. The molecule has 1 saturated heterocycles. The number of aromatic nitrogens is 2. The quantitative estimate of drug-likeness (QED) is 0.235. The van der Waals surface area contributed by atoms with Crippen molar-refractivity contribution in [2.45, 2.75) is 32.2 Å². The number of benzene rings is 2. The monoisotopic (exact) mass is 614 g/mol. The second-order valence-electron chi connectivity index (χ2n) is 10.7. The lowest BCUT2D eigenvalue weighted by Crippen LogP contribution is -2.44. The zero-order valence-electron chi connectivity index (χ0n) is 24.5. The van der Waals surface area contributed by atoms with E-state index >= 15 is 0 Å². The molecule has 4 N–H and O–H groups in total. The Labute approximate surface area is 253 Å². The van der Waals surface area contributed by atoms with Crippen LogP contribution in [0.2, 0.25) is 5.02 Å². The van der Waals surface area contributed by atoms with E-state index in [0.717, 1.165) is 61.5 Å². The normalized spacial score (nSPS) is 15.5. The molecule has 3 aromatic rings. The summed E-state index contributed by atoms with van der Waals surface area (Å²) in [4.78, 5) is 11.4. The summed E-state index contributed by atoms with van der Waals surface area (Å²) in [6, 6.07) is 10.3. The number of methoxy groups -OCH3 is 1. The van der Waals surface area contributed by atoms with E-state index in [4.69, 9.17) is 16.3 Å². The predicted octanol–water partition coefficient (Wildman–Crippen LogP) is 4.03. The summed E-state index contributed by atoms with van der Waals surface area (Å²) in [5, 5.41) is 13.6. The number of sulfonamides is 1. The van der Waals surface area contributed by atoms with Gasteiger partial charge in [-0.25, -0.2) is 13.4 Å². The van der Waals surface area contributed by atoms with Gasteiger partial charge in [-0.1, -0.05) is 23.7 Å². The SMILES string of the molecule is CNCCNC1CCN(c2cc(OC)c(Nc3ncc(Cl)c(Nc4cccc5c4N(S(C)(=O)=O)CC5)n3)cc2C)CC1. The lowest BCUT2D eigenvalue weighted by atomic mass is 10.0. The van der Waals surface area contributed by atoms with Crippen LogP contribution in [0.1, 0.15) is 24.0 Å². The number of hydrogen-bond donors (Lipinski definition) is 4. The summed E-state index contributed by atoms with van der Waals surface area (Å²) in [6.07, 6.45) is 5.55. The van der Waals surface area contributed by atoms with Crippen LogP contribution in [-0.2, 0) is 16.4 Å². The van der Waals surface area contributed by atoms with E-state index in [0.29, 0.717) is 52.9 Å². The second kappa shape index (κ2) is 12.9. The van der Waals surface area contributed by atoms with Crippen LogP contribution in [0, 0.1) is 6.92 Å². The summed E-state index contributed by atoms with van der Waals surface area (Å²) in [5.41, 5.74) is 5.19. The van der Waals surface area contributed by atoms with E-state index in [9.17, 15) is 8.42 Å². The Bertz CT molecular complexity index is 1530. The van der Waals surface area contributed by atoms with Crippen molar-refractivity contribution in [3.8, 4) is 5.75 Å². The summed E-state index contributed by atoms with van der Waals surface area (Å²) in [6.45, 7) is 6.39. The van der Waals surface area contributed by atoms with Crippen molar-refractivity contribution in [1.29, 1.82) is 0 Å². The van der Waals surface area contributed by atoms with E-state index in [1.165, 1.54) is 16.8 Å². The van der Waals surface area contributed by atoms with Gasteiger partial charge in [0, 0.05) is 50.5 Å². The molecule has 42 heavy (non-hydrogen) atoms. The van der Waals surface area contributed by atoms with Crippen LogP contribution >= 0.6 is 11.6 Å². The van der Waals surface area contributed by atoms with Crippen LogP contribution in [0.15, 0.2) is 36.5 Å². The van der Waals surface area contributed by atoms with Gasteiger partial charge in [0.1, 0.15) is 10.8 Å². The molecule has 0 radical (unpaired) electrons. The molecule has 1 aromatic heterocycles. The van der Waals surface area contributed by atoms with Gasteiger partial charge in [0.2, 0.25) is 16.0 Å². The fourth-order valence-electron chi connectivity index (χ4n) is 5.63. The number of halogens is 1. The molecule has 5 rings (SSSR count). The number of hydrogen-bond acceptors (Lipinski definition) is 10. The molecular weight excluding hydrogens is 576 g/mol. The zero-order valence-corrected chi connectivity index (χ0v) is 26.1. The largest absolute Gasteiger partial charge is 0.494 e. The Hall–Kier alpha value is -3.32. The van der Waals surface area contributed by atoms with E-state index in [1.807, 2.05) is 31.3 Å². The maximum atomic E-state index is 12.4. The molecule has 2 aliphatic rings. The number of aryl methyl sites for hydroxylation is 1. The van der Waals surface area contributed by atoms with E-state index in [2.05, 4.69) is 49.1 Å². The van der Waals surface area contributed by atoms with Gasteiger partial charge in [0.05, 0.1) is 36.6 Å². The third kappa shape index (κ3) is 6.67. The summed E-state index contributed by atoms with van der Waals surface area (Å²) >= 11 is 6.48. The van der Waals surface area contributed by atoms with Crippen molar-refractivity contribution < 1.29 is 13.2 Å². The van der Waals surface area contributed by atoms with Gasteiger partial charge in [0.15, 0.2) is 5.82 Å². The molecule has 0 aliphatic carbocycles. The molecular formula is C29H39ClN8O3S. The molecule has 0 spiro atoms. The first-order chi connectivity index (χ1) is 20.2. The van der Waals surface area contributed by atoms with Gasteiger partial charge < -0.3 is 30.9 Å². The number of nitrogens with one attached hydrogen (secondary N) is 4. The molecule has 0 bridgehead atoms. The third-order valence-corrected chi connectivity index (χ3v) is 9.20. The smallest absolute Gasteiger partial charge is 0.232 e. The molecule has 11 nitrogen and oxygen atoms in total. The first-order valence-corrected chi connectivity index (χ1v) is 16.4. The highest BCUT2D eigenvalue weighted by Crippen LogP contribution is 2.40. The van der Waals surface area contributed by atoms with Crippen LogP contribution in [0.4, 0.5) is 34.5 Å². The Morgan fingerprint density at radius 3 is 2.60 bits per heavy atom. The Morgan fingerprint density at radius 1 is 1.10 bits per heavy atom. The Kier molecular flexibility index (Phi) is 9.26. The van der Waals surface area contributed by atoms with Gasteiger partial charge in [-0.3, -0.25) is 4.31 Å². The van der Waals surface area contributed by atoms with Gasteiger partial charge >= 0.3 is 0 Å². The van der Waals surface area contributed by atoms with Crippen LogP contribution in [0.5, 0.6) is 5.75 Å².